The average molecular weight is 202 g/mol. The predicted octanol–water partition coefficient (Wildman–Crippen LogP) is 1.93. The van der Waals surface area contributed by atoms with Gasteiger partial charge in [0, 0.05) is 5.56 Å². The molecular formula is C9H9ClFNO. The number of ketones is 1. The highest BCUT2D eigenvalue weighted by Gasteiger charge is 2.11. The summed E-state index contributed by atoms with van der Waals surface area (Å²) in [7, 11) is 0. The second-order valence-electron chi connectivity index (χ2n) is 2.71. The summed E-state index contributed by atoms with van der Waals surface area (Å²) in [5.74, 6) is -0.801. The maximum atomic E-state index is 13.0. The molecule has 1 aromatic carbocycles. The standard InChI is InChI=1S/C9H9ClFNO/c1-5-2-7(10)6(3-8(5)11)9(13)4-12/h2-3H,4,12H2,1H3. The summed E-state index contributed by atoms with van der Waals surface area (Å²) in [6, 6.07) is 2.53. The maximum absolute atomic E-state index is 13.0. The van der Waals surface area contributed by atoms with Crippen LogP contribution in [0.1, 0.15) is 15.9 Å². The molecule has 2 N–H and O–H groups in total. The van der Waals surface area contributed by atoms with Crippen molar-refractivity contribution in [3.8, 4) is 0 Å². The largest absolute Gasteiger partial charge is 0.324 e. The van der Waals surface area contributed by atoms with Crippen molar-refractivity contribution >= 4 is 17.4 Å². The summed E-state index contributed by atoms with van der Waals surface area (Å²) in [6.45, 7) is 1.42. The maximum Gasteiger partial charge on any atom is 0.177 e. The lowest BCUT2D eigenvalue weighted by Crippen LogP contribution is -2.14. The number of carbonyl (C=O) groups is 1. The number of aryl methyl sites for hydroxylation is 1. The molecule has 0 saturated carbocycles. The molecule has 0 saturated heterocycles. The first-order chi connectivity index (χ1) is 6.06. The molecule has 13 heavy (non-hydrogen) atoms. The molecule has 0 aromatic heterocycles. The van der Waals surface area contributed by atoms with Crippen molar-refractivity contribution < 1.29 is 9.18 Å². The fourth-order valence-electron chi connectivity index (χ4n) is 0.970. The van der Waals surface area contributed by atoms with Crippen LogP contribution in [0.5, 0.6) is 0 Å². The first-order valence-electron chi connectivity index (χ1n) is 3.75. The lowest BCUT2D eigenvalue weighted by atomic mass is 10.1. The molecule has 0 aliphatic heterocycles. The number of hydrogen-bond donors (Lipinski definition) is 1. The molecule has 0 atom stereocenters. The van der Waals surface area contributed by atoms with Gasteiger partial charge in [0.15, 0.2) is 5.78 Å². The SMILES string of the molecule is Cc1cc(Cl)c(C(=O)CN)cc1F. The van der Waals surface area contributed by atoms with Gasteiger partial charge in [-0.15, -0.1) is 0 Å². The molecule has 4 heteroatoms. The Balaban J connectivity index is 3.23. The van der Waals surface area contributed by atoms with Gasteiger partial charge >= 0.3 is 0 Å². The zero-order chi connectivity index (χ0) is 10.0. The topological polar surface area (TPSA) is 43.1 Å². The van der Waals surface area contributed by atoms with E-state index in [-0.39, 0.29) is 22.9 Å². The second kappa shape index (κ2) is 3.85. The zero-order valence-electron chi connectivity index (χ0n) is 7.10. The highest BCUT2D eigenvalue weighted by molar-refractivity contribution is 6.34. The minimum atomic E-state index is -0.443. The molecule has 0 spiro atoms. The van der Waals surface area contributed by atoms with Gasteiger partial charge in [-0.2, -0.15) is 0 Å². The van der Waals surface area contributed by atoms with Crippen LogP contribution in [-0.2, 0) is 0 Å². The van der Waals surface area contributed by atoms with Gasteiger partial charge in [0.2, 0.25) is 0 Å². The van der Waals surface area contributed by atoms with Gasteiger partial charge in [0.25, 0.3) is 0 Å². The molecule has 0 bridgehead atoms. The van der Waals surface area contributed by atoms with Gasteiger partial charge < -0.3 is 5.73 Å². The molecule has 0 radical (unpaired) electrons. The number of Topliss-reactive ketones (excluding diaryl/α,β-unsaturated/α-hetero) is 1. The quantitative estimate of drug-likeness (QED) is 0.743. The van der Waals surface area contributed by atoms with Crippen molar-refractivity contribution in [1.29, 1.82) is 0 Å². The van der Waals surface area contributed by atoms with E-state index >= 15 is 0 Å². The third kappa shape index (κ3) is 2.05. The van der Waals surface area contributed by atoms with Gasteiger partial charge in [0.1, 0.15) is 5.82 Å². The molecule has 0 unspecified atom stereocenters. The lowest BCUT2D eigenvalue weighted by molar-refractivity contribution is 0.100. The van der Waals surface area contributed by atoms with Crippen molar-refractivity contribution in [2.75, 3.05) is 6.54 Å². The Kier molecular flexibility index (Phi) is 3.01. The van der Waals surface area contributed by atoms with E-state index in [0.717, 1.165) is 6.07 Å². The Bertz CT molecular complexity index is 352. The summed E-state index contributed by atoms with van der Waals surface area (Å²) in [6.07, 6.45) is 0. The van der Waals surface area contributed by atoms with E-state index in [1.165, 1.54) is 6.07 Å². The number of carbonyl (C=O) groups excluding carboxylic acids is 1. The highest BCUT2D eigenvalue weighted by Crippen LogP contribution is 2.20. The summed E-state index contributed by atoms with van der Waals surface area (Å²) in [5.41, 5.74) is 5.69. The number of benzene rings is 1. The minimum absolute atomic E-state index is 0.146. The van der Waals surface area contributed by atoms with E-state index in [0.29, 0.717) is 5.56 Å². The van der Waals surface area contributed by atoms with Crippen LogP contribution in [0.4, 0.5) is 4.39 Å². The molecule has 0 aliphatic carbocycles. The average Bonchev–Trinajstić information content (AvgIpc) is 2.10. The summed E-state index contributed by atoms with van der Waals surface area (Å²) in [4.78, 5) is 11.1. The first-order valence-corrected chi connectivity index (χ1v) is 4.13. The van der Waals surface area contributed by atoms with Crippen molar-refractivity contribution in [3.05, 3.63) is 34.1 Å². The molecule has 70 valence electrons. The lowest BCUT2D eigenvalue weighted by Gasteiger charge is -2.03. The van der Waals surface area contributed by atoms with Gasteiger partial charge in [-0.1, -0.05) is 11.6 Å². The Hall–Kier alpha value is -0.930. The van der Waals surface area contributed by atoms with E-state index in [1.54, 1.807) is 6.92 Å². The van der Waals surface area contributed by atoms with Crippen LogP contribution in [0.15, 0.2) is 12.1 Å². The predicted molar refractivity (Wildman–Crippen MR) is 49.5 cm³/mol. The van der Waals surface area contributed by atoms with Crippen LogP contribution in [0, 0.1) is 12.7 Å². The van der Waals surface area contributed by atoms with E-state index in [2.05, 4.69) is 0 Å². The summed E-state index contributed by atoms with van der Waals surface area (Å²) < 4.78 is 13.0. The van der Waals surface area contributed by atoms with Crippen LogP contribution in [-0.4, -0.2) is 12.3 Å². The number of rotatable bonds is 2. The number of nitrogens with two attached hydrogens (primary N) is 1. The van der Waals surface area contributed by atoms with Crippen molar-refractivity contribution in [1.82, 2.24) is 0 Å². The Morgan fingerprint density at radius 3 is 2.77 bits per heavy atom. The molecular weight excluding hydrogens is 193 g/mol. The van der Waals surface area contributed by atoms with Gasteiger partial charge in [-0.05, 0) is 24.6 Å². The number of halogens is 2. The van der Waals surface area contributed by atoms with Crippen molar-refractivity contribution in [2.24, 2.45) is 5.73 Å². The molecule has 0 fully saturated rings. The molecule has 2 nitrogen and oxygen atoms in total. The van der Waals surface area contributed by atoms with Gasteiger partial charge in [-0.3, -0.25) is 4.79 Å². The Labute approximate surface area is 80.5 Å². The summed E-state index contributed by atoms with van der Waals surface area (Å²) >= 11 is 5.73. The fraction of sp³-hybridized carbons (Fsp3) is 0.222. The van der Waals surface area contributed by atoms with Crippen LogP contribution in [0.2, 0.25) is 5.02 Å². The highest BCUT2D eigenvalue weighted by atomic mass is 35.5. The van der Waals surface area contributed by atoms with E-state index in [4.69, 9.17) is 17.3 Å². The summed E-state index contributed by atoms with van der Waals surface area (Å²) in [5, 5.41) is 0.245. The fourth-order valence-corrected chi connectivity index (χ4v) is 1.29. The first kappa shape index (κ1) is 10.2. The van der Waals surface area contributed by atoms with Crippen LogP contribution in [0.25, 0.3) is 0 Å². The van der Waals surface area contributed by atoms with Crippen LogP contribution < -0.4 is 5.73 Å². The molecule has 1 rings (SSSR count). The smallest absolute Gasteiger partial charge is 0.177 e. The third-order valence-corrected chi connectivity index (χ3v) is 2.05. The van der Waals surface area contributed by atoms with E-state index < -0.39 is 5.82 Å². The van der Waals surface area contributed by atoms with Gasteiger partial charge in [0.05, 0.1) is 11.6 Å². The molecule has 1 aromatic rings. The van der Waals surface area contributed by atoms with Crippen LogP contribution >= 0.6 is 11.6 Å². The zero-order valence-corrected chi connectivity index (χ0v) is 7.86. The molecule has 0 heterocycles. The van der Waals surface area contributed by atoms with Gasteiger partial charge in [-0.25, -0.2) is 4.39 Å². The molecule has 0 amide bonds. The van der Waals surface area contributed by atoms with E-state index in [9.17, 15) is 9.18 Å². The number of hydrogen-bond acceptors (Lipinski definition) is 2. The van der Waals surface area contributed by atoms with Crippen LogP contribution in [0.3, 0.4) is 0 Å². The van der Waals surface area contributed by atoms with E-state index in [1.807, 2.05) is 0 Å². The Morgan fingerprint density at radius 2 is 2.23 bits per heavy atom. The third-order valence-electron chi connectivity index (χ3n) is 1.73. The minimum Gasteiger partial charge on any atom is -0.324 e. The van der Waals surface area contributed by atoms with Crippen molar-refractivity contribution in [3.63, 3.8) is 0 Å². The normalized spacial score (nSPS) is 10.2. The Morgan fingerprint density at radius 1 is 1.62 bits per heavy atom. The van der Waals surface area contributed by atoms with Crippen molar-refractivity contribution in [2.45, 2.75) is 6.92 Å². The monoisotopic (exact) mass is 201 g/mol. The second-order valence-corrected chi connectivity index (χ2v) is 3.12. The molecule has 0 aliphatic rings.